The van der Waals surface area contributed by atoms with E-state index in [-0.39, 0.29) is 11.3 Å². The first kappa shape index (κ1) is 13.9. The molecule has 2 aliphatic carbocycles. The van der Waals surface area contributed by atoms with Crippen molar-refractivity contribution in [2.24, 2.45) is 28.9 Å². The minimum atomic E-state index is -0.369. The van der Waals surface area contributed by atoms with Crippen molar-refractivity contribution in [1.82, 2.24) is 4.90 Å². The van der Waals surface area contributed by atoms with E-state index < -0.39 is 0 Å². The zero-order chi connectivity index (χ0) is 13.3. The molecule has 0 saturated heterocycles. The molecule has 0 spiro atoms. The summed E-state index contributed by atoms with van der Waals surface area (Å²) in [5.74, 6) is 2.82. The van der Waals surface area contributed by atoms with Crippen molar-refractivity contribution < 1.29 is 4.79 Å². The van der Waals surface area contributed by atoms with E-state index in [1.807, 2.05) is 18.9 Å². The van der Waals surface area contributed by atoms with Gasteiger partial charge >= 0.3 is 0 Å². The van der Waals surface area contributed by atoms with Crippen molar-refractivity contribution in [3.05, 3.63) is 0 Å². The molecule has 0 aromatic carbocycles. The molecule has 1 amide bonds. The van der Waals surface area contributed by atoms with Crippen LogP contribution in [0.4, 0.5) is 0 Å². The standard InChI is InChI=1S/C15H28N2O/c1-4-15(2,10-16)14(18)17(3)9-13-8-11-5-6-12(13)7-11/h11-13H,4-10,16H2,1-3H3. The maximum absolute atomic E-state index is 12.5. The van der Waals surface area contributed by atoms with Gasteiger partial charge in [0, 0.05) is 20.1 Å². The summed E-state index contributed by atoms with van der Waals surface area (Å²) in [5, 5.41) is 0. The van der Waals surface area contributed by atoms with Gasteiger partial charge in [-0.05, 0) is 50.4 Å². The fourth-order valence-corrected chi connectivity index (χ4v) is 3.88. The molecule has 18 heavy (non-hydrogen) atoms. The van der Waals surface area contributed by atoms with Crippen molar-refractivity contribution >= 4 is 5.91 Å². The van der Waals surface area contributed by atoms with Gasteiger partial charge in [-0.25, -0.2) is 0 Å². The predicted molar refractivity (Wildman–Crippen MR) is 74.0 cm³/mol. The second-order valence-electron chi connectivity index (χ2n) is 6.74. The molecule has 104 valence electrons. The maximum atomic E-state index is 12.5. The van der Waals surface area contributed by atoms with Gasteiger partial charge in [0.15, 0.2) is 0 Å². The quantitative estimate of drug-likeness (QED) is 0.816. The van der Waals surface area contributed by atoms with Crippen LogP contribution in [0.25, 0.3) is 0 Å². The van der Waals surface area contributed by atoms with Gasteiger partial charge in [-0.2, -0.15) is 0 Å². The topological polar surface area (TPSA) is 46.3 Å². The molecule has 2 rings (SSSR count). The molecule has 2 fully saturated rings. The van der Waals surface area contributed by atoms with Crippen molar-refractivity contribution in [2.75, 3.05) is 20.1 Å². The minimum Gasteiger partial charge on any atom is -0.345 e. The molecule has 3 heteroatoms. The number of carbonyl (C=O) groups excluding carboxylic acids is 1. The van der Waals surface area contributed by atoms with Crippen LogP contribution in [-0.4, -0.2) is 30.9 Å². The highest BCUT2D eigenvalue weighted by Gasteiger charge is 2.41. The Labute approximate surface area is 111 Å². The average Bonchev–Trinajstić information content (AvgIpc) is 2.99. The Morgan fingerprint density at radius 1 is 1.39 bits per heavy atom. The van der Waals surface area contributed by atoms with Gasteiger partial charge < -0.3 is 10.6 Å². The first-order chi connectivity index (χ1) is 8.50. The third-order valence-electron chi connectivity index (χ3n) is 5.49. The van der Waals surface area contributed by atoms with Crippen LogP contribution < -0.4 is 5.73 Å². The Morgan fingerprint density at radius 2 is 2.11 bits per heavy atom. The Balaban J connectivity index is 1.91. The second-order valence-corrected chi connectivity index (χ2v) is 6.74. The molecular weight excluding hydrogens is 224 g/mol. The van der Waals surface area contributed by atoms with Gasteiger partial charge in [0.2, 0.25) is 5.91 Å². The van der Waals surface area contributed by atoms with Crippen LogP contribution in [0.1, 0.15) is 46.0 Å². The molecule has 4 unspecified atom stereocenters. The molecule has 2 saturated carbocycles. The zero-order valence-corrected chi connectivity index (χ0v) is 12.1. The van der Waals surface area contributed by atoms with Crippen LogP contribution in [0.5, 0.6) is 0 Å². The van der Waals surface area contributed by atoms with E-state index in [0.717, 1.165) is 30.7 Å². The lowest BCUT2D eigenvalue weighted by Crippen LogP contribution is -2.46. The van der Waals surface area contributed by atoms with Crippen LogP contribution in [0, 0.1) is 23.2 Å². The summed E-state index contributed by atoms with van der Waals surface area (Å²) in [4.78, 5) is 14.4. The first-order valence-electron chi connectivity index (χ1n) is 7.45. The summed E-state index contributed by atoms with van der Waals surface area (Å²) in [6.07, 6.45) is 6.39. The van der Waals surface area contributed by atoms with Gasteiger partial charge in [-0.15, -0.1) is 0 Å². The molecule has 2 bridgehead atoms. The van der Waals surface area contributed by atoms with Crippen LogP contribution in [0.2, 0.25) is 0 Å². The molecule has 0 aliphatic heterocycles. The van der Waals surface area contributed by atoms with Gasteiger partial charge in [-0.1, -0.05) is 13.3 Å². The molecule has 4 atom stereocenters. The normalized spacial score (nSPS) is 33.4. The Hall–Kier alpha value is -0.570. The number of rotatable bonds is 5. The number of carbonyl (C=O) groups is 1. The summed E-state index contributed by atoms with van der Waals surface area (Å²) < 4.78 is 0. The molecule has 0 radical (unpaired) electrons. The number of hydrogen-bond donors (Lipinski definition) is 1. The van der Waals surface area contributed by atoms with Crippen LogP contribution in [0.3, 0.4) is 0 Å². The molecular formula is C15H28N2O. The summed E-state index contributed by atoms with van der Waals surface area (Å²) in [6.45, 7) is 5.43. The van der Waals surface area contributed by atoms with Gasteiger partial charge in [0.1, 0.15) is 0 Å². The third kappa shape index (κ3) is 2.42. The van der Waals surface area contributed by atoms with Crippen LogP contribution >= 0.6 is 0 Å². The molecule has 2 N–H and O–H groups in total. The number of hydrogen-bond acceptors (Lipinski definition) is 2. The largest absolute Gasteiger partial charge is 0.345 e. The predicted octanol–water partition coefficient (Wildman–Crippen LogP) is 2.26. The fourth-order valence-electron chi connectivity index (χ4n) is 3.88. The average molecular weight is 252 g/mol. The van der Waals surface area contributed by atoms with Gasteiger partial charge in [0.05, 0.1) is 5.41 Å². The van der Waals surface area contributed by atoms with E-state index in [1.54, 1.807) is 0 Å². The lowest BCUT2D eigenvalue weighted by molar-refractivity contribution is -0.140. The van der Waals surface area contributed by atoms with E-state index >= 15 is 0 Å². The highest BCUT2D eigenvalue weighted by atomic mass is 16.2. The second kappa shape index (κ2) is 5.20. The van der Waals surface area contributed by atoms with Crippen molar-refractivity contribution in [3.63, 3.8) is 0 Å². The zero-order valence-electron chi connectivity index (χ0n) is 12.1. The monoisotopic (exact) mass is 252 g/mol. The van der Waals surface area contributed by atoms with Crippen molar-refractivity contribution in [1.29, 1.82) is 0 Å². The Bertz CT molecular complexity index is 312. The van der Waals surface area contributed by atoms with Crippen molar-refractivity contribution in [2.45, 2.75) is 46.0 Å². The maximum Gasteiger partial charge on any atom is 0.229 e. The summed E-state index contributed by atoms with van der Waals surface area (Å²) >= 11 is 0. The SMILES string of the molecule is CCC(C)(CN)C(=O)N(C)CC1CC2CCC1C2. The first-order valence-corrected chi connectivity index (χ1v) is 7.45. The Morgan fingerprint density at radius 3 is 2.56 bits per heavy atom. The molecule has 2 aliphatic rings. The van der Waals surface area contributed by atoms with Crippen molar-refractivity contribution in [3.8, 4) is 0 Å². The smallest absolute Gasteiger partial charge is 0.229 e. The van der Waals surface area contributed by atoms with Gasteiger partial charge in [0.25, 0.3) is 0 Å². The van der Waals surface area contributed by atoms with E-state index in [9.17, 15) is 4.79 Å². The molecule has 0 heterocycles. The summed E-state index contributed by atoms with van der Waals surface area (Å²) in [5.41, 5.74) is 5.41. The summed E-state index contributed by atoms with van der Waals surface area (Å²) in [7, 11) is 1.96. The lowest BCUT2D eigenvalue weighted by atomic mass is 9.84. The number of nitrogens with two attached hydrogens (primary N) is 1. The fraction of sp³-hybridized carbons (Fsp3) is 0.933. The number of nitrogens with zero attached hydrogens (tertiary/aromatic N) is 1. The Kier molecular flexibility index (Phi) is 4.00. The molecule has 3 nitrogen and oxygen atoms in total. The van der Waals surface area contributed by atoms with Gasteiger partial charge in [-0.3, -0.25) is 4.79 Å². The van der Waals surface area contributed by atoms with E-state index in [0.29, 0.717) is 6.54 Å². The number of fused-ring (bicyclic) bond motifs is 2. The molecule has 0 aromatic heterocycles. The minimum absolute atomic E-state index is 0.232. The highest BCUT2D eigenvalue weighted by Crippen LogP contribution is 2.48. The van der Waals surface area contributed by atoms with Crippen LogP contribution in [-0.2, 0) is 4.79 Å². The third-order valence-corrected chi connectivity index (χ3v) is 5.49. The summed E-state index contributed by atoms with van der Waals surface area (Å²) in [6, 6.07) is 0. The number of amides is 1. The van der Waals surface area contributed by atoms with E-state index in [4.69, 9.17) is 5.73 Å². The van der Waals surface area contributed by atoms with Crippen LogP contribution in [0.15, 0.2) is 0 Å². The van der Waals surface area contributed by atoms with E-state index in [2.05, 4.69) is 6.92 Å². The highest BCUT2D eigenvalue weighted by molar-refractivity contribution is 5.82. The van der Waals surface area contributed by atoms with E-state index in [1.165, 1.54) is 25.7 Å². The lowest BCUT2D eigenvalue weighted by Gasteiger charge is -2.34. The molecule has 0 aromatic rings.